The van der Waals surface area contributed by atoms with Crippen molar-refractivity contribution in [2.75, 3.05) is 0 Å². The van der Waals surface area contributed by atoms with E-state index in [-0.39, 0.29) is 0 Å². The smallest absolute Gasteiger partial charge is 0.272 e. The number of aromatic nitrogens is 2. The van der Waals surface area contributed by atoms with Gasteiger partial charge in [-0.25, -0.2) is 4.98 Å². The predicted molar refractivity (Wildman–Crippen MR) is 70.1 cm³/mol. The van der Waals surface area contributed by atoms with E-state index < -0.39 is 12.0 Å². The maximum absolute atomic E-state index is 10.9. The van der Waals surface area contributed by atoms with Crippen LogP contribution in [0.25, 0.3) is 22.1 Å². The zero-order valence-electron chi connectivity index (χ0n) is 11.1. The van der Waals surface area contributed by atoms with Crippen LogP contribution in [0, 0.1) is 6.92 Å². The van der Waals surface area contributed by atoms with E-state index in [9.17, 15) is 9.90 Å². The Morgan fingerprint density at radius 1 is 1.35 bits per heavy atom. The fourth-order valence-electron chi connectivity index (χ4n) is 2.15. The molecule has 20 heavy (non-hydrogen) atoms. The second-order valence-electron chi connectivity index (χ2n) is 4.71. The van der Waals surface area contributed by atoms with Gasteiger partial charge in [0.2, 0.25) is 5.58 Å². The van der Waals surface area contributed by atoms with Crippen molar-refractivity contribution >= 4 is 33.9 Å². The first-order valence-electron chi connectivity index (χ1n) is 6.28. The predicted octanol–water partition coefficient (Wildman–Crippen LogP) is 0.0177. The third kappa shape index (κ3) is 2.00. The summed E-state index contributed by atoms with van der Waals surface area (Å²) < 4.78 is 5.75. The minimum atomic E-state index is -1.15. The first kappa shape index (κ1) is 12.6. The maximum Gasteiger partial charge on any atom is 0.272 e. The number of para-hydroxylation sites is 1. The molecule has 0 saturated carbocycles. The fraction of sp³-hybridized carbons (Fsp3) is 0.214. The second-order valence-corrected chi connectivity index (χ2v) is 4.71. The molecule has 3 rings (SSSR count). The van der Waals surface area contributed by atoms with Crippen molar-refractivity contribution in [3.8, 4) is 0 Å². The number of carboxylic acid groups (broad SMARTS) is 1. The van der Waals surface area contributed by atoms with Gasteiger partial charge in [-0.15, -0.1) is 0 Å². The molecule has 0 unspecified atom stereocenters. The zero-order valence-corrected chi connectivity index (χ0v) is 11.1. The number of hydrogen-bond acceptors (Lipinski definition) is 5. The third-order valence-electron chi connectivity index (χ3n) is 3.14. The number of fused-ring (bicyclic) bond motifs is 3. The molecule has 0 aliphatic carbocycles. The molecule has 2 N–H and O–H groups in total. The van der Waals surface area contributed by atoms with E-state index >= 15 is 0 Å². The first-order valence-corrected chi connectivity index (χ1v) is 6.28. The molecule has 0 spiro atoms. The van der Waals surface area contributed by atoms with E-state index in [4.69, 9.17) is 4.42 Å². The largest absolute Gasteiger partial charge is 0.544 e. The number of furan rings is 1. The zero-order chi connectivity index (χ0) is 14.3. The van der Waals surface area contributed by atoms with Crippen LogP contribution >= 0.6 is 0 Å². The van der Waals surface area contributed by atoms with Crippen LogP contribution in [0.4, 0.5) is 5.82 Å². The molecule has 0 bridgehead atoms. The van der Waals surface area contributed by atoms with E-state index in [1.54, 1.807) is 13.8 Å². The SMILES string of the molecule is Cc1nc([NH2+][C@H](C)C(=O)[O-])c2oc3ccccc3c2n1. The lowest BCUT2D eigenvalue weighted by molar-refractivity contribution is -0.605. The van der Waals surface area contributed by atoms with Gasteiger partial charge in [0, 0.05) is 5.39 Å². The third-order valence-corrected chi connectivity index (χ3v) is 3.14. The molecule has 0 amide bonds. The lowest BCUT2D eigenvalue weighted by Gasteiger charge is -2.10. The number of carbonyl (C=O) groups excluding carboxylic acids is 1. The highest BCUT2D eigenvalue weighted by molar-refractivity contribution is 6.04. The van der Waals surface area contributed by atoms with Gasteiger partial charge >= 0.3 is 0 Å². The standard InChI is InChI=1S/C14H13N3O3/c1-7(14(18)19)15-13-12-11(16-8(2)17-13)9-5-3-4-6-10(9)20-12/h3-7H,1-2H3,(H,18,19)(H,15,16,17)/t7-/m1/s1. The number of aliphatic carboxylic acids is 1. The van der Waals surface area contributed by atoms with E-state index in [1.165, 1.54) is 5.32 Å². The minimum Gasteiger partial charge on any atom is -0.544 e. The lowest BCUT2D eigenvalue weighted by Crippen LogP contribution is -2.87. The maximum atomic E-state index is 10.9. The highest BCUT2D eigenvalue weighted by Crippen LogP contribution is 2.29. The first-order chi connectivity index (χ1) is 9.56. The average molecular weight is 271 g/mol. The molecule has 1 aromatic carbocycles. The van der Waals surface area contributed by atoms with Crippen LogP contribution in [0.1, 0.15) is 12.7 Å². The Balaban J connectivity index is 2.23. The normalized spacial score (nSPS) is 12.9. The Hall–Kier alpha value is -2.47. The molecule has 102 valence electrons. The minimum absolute atomic E-state index is 0.486. The molecule has 0 fully saturated rings. The Morgan fingerprint density at radius 2 is 2.10 bits per heavy atom. The van der Waals surface area contributed by atoms with Crippen LogP contribution in [0.5, 0.6) is 0 Å². The van der Waals surface area contributed by atoms with Crippen LogP contribution in [0.3, 0.4) is 0 Å². The number of rotatable bonds is 3. The van der Waals surface area contributed by atoms with Crippen molar-refractivity contribution in [3.05, 3.63) is 30.1 Å². The van der Waals surface area contributed by atoms with Gasteiger partial charge in [0.05, 0.1) is 5.97 Å². The summed E-state index contributed by atoms with van der Waals surface area (Å²) in [5.41, 5.74) is 1.91. The quantitative estimate of drug-likeness (QED) is 0.724. The van der Waals surface area contributed by atoms with Gasteiger partial charge in [-0.05, 0) is 26.0 Å². The number of benzene rings is 1. The van der Waals surface area contributed by atoms with Gasteiger partial charge in [0.15, 0.2) is 0 Å². The van der Waals surface area contributed by atoms with Gasteiger partial charge in [-0.3, -0.25) is 5.32 Å². The molecule has 1 atom stereocenters. The van der Waals surface area contributed by atoms with Gasteiger partial charge < -0.3 is 14.3 Å². The molecule has 0 saturated heterocycles. The second kappa shape index (κ2) is 4.57. The highest BCUT2D eigenvalue weighted by atomic mass is 16.4. The van der Waals surface area contributed by atoms with Crippen LogP contribution < -0.4 is 10.4 Å². The molecular weight excluding hydrogens is 258 g/mol. The summed E-state index contributed by atoms with van der Waals surface area (Å²) in [6, 6.07) is 6.79. The number of carbonyl (C=O) groups is 1. The van der Waals surface area contributed by atoms with Gasteiger partial charge in [-0.2, -0.15) is 4.98 Å². The van der Waals surface area contributed by atoms with Crippen LogP contribution in [-0.2, 0) is 4.79 Å². The fourth-order valence-corrected chi connectivity index (χ4v) is 2.15. The molecule has 6 heteroatoms. The number of carboxylic acids is 1. The monoisotopic (exact) mass is 271 g/mol. The van der Waals surface area contributed by atoms with E-state index in [0.29, 0.717) is 28.3 Å². The average Bonchev–Trinajstić information content (AvgIpc) is 2.77. The number of nitrogens with two attached hydrogens (primary N) is 1. The number of aryl methyl sites for hydroxylation is 1. The summed E-state index contributed by atoms with van der Waals surface area (Å²) in [5, 5.41) is 13.3. The number of nitrogens with zero attached hydrogens (tertiary/aromatic N) is 2. The molecule has 0 radical (unpaired) electrons. The van der Waals surface area contributed by atoms with Crippen molar-refractivity contribution in [1.82, 2.24) is 9.97 Å². The van der Waals surface area contributed by atoms with E-state index in [0.717, 1.165) is 5.39 Å². The Kier molecular flexibility index (Phi) is 2.87. The summed E-state index contributed by atoms with van der Waals surface area (Å²) in [7, 11) is 0. The Morgan fingerprint density at radius 3 is 2.85 bits per heavy atom. The summed E-state index contributed by atoms with van der Waals surface area (Å²) in [6.45, 7) is 3.31. The molecular formula is C14H13N3O3. The van der Waals surface area contributed by atoms with Crippen molar-refractivity contribution in [2.24, 2.45) is 0 Å². The summed E-state index contributed by atoms with van der Waals surface area (Å²) in [5.74, 6) is -0.0909. The molecule has 6 nitrogen and oxygen atoms in total. The van der Waals surface area contributed by atoms with Crippen molar-refractivity contribution in [2.45, 2.75) is 19.9 Å². The van der Waals surface area contributed by atoms with Crippen LogP contribution in [0.15, 0.2) is 28.7 Å². The molecule has 3 aromatic rings. The van der Waals surface area contributed by atoms with Gasteiger partial charge in [0.1, 0.15) is 23.0 Å². The summed E-state index contributed by atoms with van der Waals surface area (Å²) in [4.78, 5) is 19.5. The van der Waals surface area contributed by atoms with E-state index in [2.05, 4.69) is 9.97 Å². The molecule has 0 aliphatic rings. The lowest BCUT2D eigenvalue weighted by atomic mass is 10.2. The summed E-state index contributed by atoms with van der Waals surface area (Å²) in [6.07, 6.45) is 0. The van der Waals surface area contributed by atoms with Gasteiger partial charge in [0.25, 0.3) is 5.82 Å². The number of quaternary nitrogens is 1. The van der Waals surface area contributed by atoms with E-state index in [1.807, 2.05) is 24.3 Å². The molecule has 0 aliphatic heterocycles. The van der Waals surface area contributed by atoms with Crippen molar-refractivity contribution in [1.29, 1.82) is 0 Å². The topological polar surface area (TPSA) is 95.7 Å². The Labute approximate surface area is 114 Å². The Bertz CT molecular complexity index is 810. The highest BCUT2D eigenvalue weighted by Gasteiger charge is 2.19. The number of hydrogen-bond donors (Lipinski definition) is 1. The van der Waals surface area contributed by atoms with Gasteiger partial charge in [-0.1, -0.05) is 12.1 Å². The molecule has 2 heterocycles. The van der Waals surface area contributed by atoms with Crippen LogP contribution in [0.2, 0.25) is 0 Å². The molecule has 2 aromatic heterocycles. The summed E-state index contributed by atoms with van der Waals surface area (Å²) >= 11 is 0. The van der Waals surface area contributed by atoms with Crippen LogP contribution in [-0.4, -0.2) is 22.0 Å². The van der Waals surface area contributed by atoms with Crippen molar-refractivity contribution < 1.29 is 19.6 Å². The van der Waals surface area contributed by atoms with Crippen molar-refractivity contribution in [3.63, 3.8) is 0 Å².